The van der Waals surface area contributed by atoms with E-state index < -0.39 is 11.9 Å². The minimum absolute atomic E-state index is 0.157. The molecule has 1 heterocycles. The number of aliphatic hydroxyl groups is 1. The molecular weight excluding hydrogens is 243 g/mol. The van der Waals surface area contributed by atoms with E-state index in [9.17, 15) is 18.3 Å². The number of alkyl halides is 3. The van der Waals surface area contributed by atoms with Gasteiger partial charge in [-0.25, -0.2) is 0 Å². The van der Waals surface area contributed by atoms with E-state index in [1.807, 2.05) is 12.1 Å². The van der Waals surface area contributed by atoms with Crippen molar-refractivity contribution in [3.8, 4) is 0 Å². The molecule has 0 bridgehead atoms. The Morgan fingerprint density at radius 1 is 1.39 bits per heavy atom. The number of nitrogens with zero attached hydrogens (tertiary/aromatic N) is 1. The summed E-state index contributed by atoms with van der Waals surface area (Å²) in [6, 6.07) is 5.44. The molecule has 0 amide bonds. The Labute approximate surface area is 103 Å². The molecule has 5 heteroatoms. The molecule has 2 nitrogen and oxygen atoms in total. The SMILES string of the molecule is C=C(N1CCc2cccc(CO)c2C1)C(F)(F)F. The highest BCUT2D eigenvalue weighted by Gasteiger charge is 2.37. The highest BCUT2D eigenvalue weighted by atomic mass is 19.4. The Morgan fingerprint density at radius 3 is 2.72 bits per heavy atom. The lowest BCUT2D eigenvalue weighted by molar-refractivity contribution is -0.112. The summed E-state index contributed by atoms with van der Waals surface area (Å²) in [5, 5.41) is 9.22. The van der Waals surface area contributed by atoms with Crippen LogP contribution in [0, 0.1) is 0 Å². The smallest absolute Gasteiger partial charge is 0.392 e. The van der Waals surface area contributed by atoms with Crippen LogP contribution in [0.4, 0.5) is 13.2 Å². The predicted octanol–water partition coefficient (Wildman–Crippen LogP) is 2.61. The molecule has 1 aromatic carbocycles. The largest absolute Gasteiger partial charge is 0.430 e. The second-order valence-electron chi connectivity index (χ2n) is 4.33. The van der Waals surface area contributed by atoms with E-state index in [2.05, 4.69) is 6.58 Å². The fraction of sp³-hybridized carbons (Fsp3) is 0.385. The van der Waals surface area contributed by atoms with Gasteiger partial charge in [-0.2, -0.15) is 13.2 Å². The average molecular weight is 257 g/mol. The van der Waals surface area contributed by atoms with E-state index >= 15 is 0 Å². The number of hydrogen-bond acceptors (Lipinski definition) is 2. The fourth-order valence-corrected chi connectivity index (χ4v) is 2.21. The maximum absolute atomic E-state index is 12.6. The van der Waals surface area contributed by atoms with Gasteiger partial charge in [0.25, 0.3) is 0 Å². The normalized spacial score (nSPS) is 15.4. The first-order chi connectivity index (χ1) is 8.43. The van der Waals surface area contributed by atoms with Crippen molar-refractivity contribution < 1.29 is 18.3 Å². The molecule has 0 atom stereocenters. The third-order valence-electron chi connectivity index (χ3n) is 3.25. The molecule has 0 unspecified atom stereocenters. The summed E-state index contributed by atoms with van der Waals surface area (Å²) < 4.78 is 37.8. The minimum atomic E-state index is -4.40. The summed E-state index contributed by atoms with van der Waals surface area (Å²) in [6.45, 7) is 3.42. The zero-order valence-electron chi connectivity index (χ0n) is 9.80. The monoisotopic (exact) mass is 257 g/mol. The molecule has 0 aliphatic carbocycles. The summed E-state index contributed by atoms with van der Waals surface area (Å²) in [5.74, 6) is 0. The van der Waals surface area contributed by atoms with Crippen LogP contribution in [0.15, 0.2) is 30.5 Å². The van der Waals surface area contributed by atoms with E-state index in [0.29, 0.717) is 18.5 Å². The molecule has 0 saturated carbocycles. The highest BCUT2D eigenvalue weighted by Crippen LogP contribution is 2.32. The molecule has 0 radical (unpaired) electrons. The number of allylic oxidation sites excluding steroid dienone is 1. The van der Waals surface area contributed by atoms with Gasteiger partial charge in [-0.15, -0.1) is 0 Å². The van der Waals surface area contributed by atoms with E-state index in [1.54, 1.807) is 6.07 Å². The Morgan fingerprint density at radius 2 is 2.11 bits per heavy atom. The highest BCUT2D eigenvalue weighted by molar-refractivity contribution is 5.37. The lowest BCUT2D eigenvalue weighted by Crippen LogP contribution is -2.35. The molecule has 98 valence electrons. The zero-order chi connectivity index (χ0) is 13.3. The third-order valence-corrected chi connectivity index (χ3v) is 3.25. The molecule has 1 N–H and O–H groups in total. The van der Waals surface area contributed by atoms with E-state index in [-0.39, 0.29) is 13.2 Å². The summed E-state index contributed by atoms with van der Waals surface area (Å²) in [6.07, 6.45) is -3.86. The summed E-state index contributed by atoms with van der Waals surface area (Å²) in [7, 11) is 0. The topological polar surface area (TPSA) is 23.5 Å². The minimum Gasteiger partial charge on any atom is -0.392 e. The maximum atomic E-state index is 12.6. The first-order valence-electron chi connectivity index (χ1n) is 5.65. The van der Waals surface area contributed by atoms with Gasteiger partial charge in [0.2, 0.25) is 0 Å². The van der Waals surface area contributed by atoms with Crippen LogP contribution in [-0.2, 0) is 19.6 Å². The van der Waals surface area contributed by atoms with Crippen LogP contribution in [0.3, 0.4) is 0 Å². The Kier molecular flexibility index (Phi) is 3.34. The number of benzene rings is 1. The number of rotatable bonds is 2. The molecule has 2 rings (SSSR count). The van der Waals surface area contributed by atoms with Crippen molar-refractivity contribution >= 4 is 0 Å². The third kappa shape index (κ3) is 2.36. The van der Waals surface area contributed by atoms with Crippen LogP contribution >= 0.6 is 0 Å². The van der Waals surface area contributed by atoms with E-state index in [1.165, 1.54) is 4.90 Å². The molecule has 0 saturated heterocycles. The molecular formula is C13H14F3NO. The predicted molar refractivity (Wildman–Crippen MR) is 61.7 cm³/mol. The van der Waals surface area contributed by atoms with Crippen molar-refractivity contribution in [2.45, 2.75) is 25.7 Å². The van der Waals surface area contributed by atoms with Crippen molar-refractivity contribution in [1.29, 1.82) is 0 Å². The van der Waals surface area contributed by atoms with Crippen LogP contribution in [0.25, 0.3) is 0 Å². The van der Waals surface area contributed by atoms with Gasteiger partial charge < -0.3 is 10.0 Å². The maximum Gasteiger partial charge on any atom is 0.430 e. The molecule has 0 spiro atoms. The van der Waals surface area contributed by atoms with E-state index in [4.69, 9.17) is 0 Å². The van der Waals surface area contributed by atoms with Gasteiger partial charge in [0.15, 0.2) is 0 Å². The van der Waals surface area contributed by atoms with Crippen molar-refractivity contribution in [1.82, 2.24) is 4.90 Å². The first-order valence-corrected chi connectivity index (χ1v) is 5.65. The fourth-order valence-electron chi connectivity index (χ4n) is 2.21. The Hall–Kier alpha value is -1.49. The van der Waals surface area contributed by atoms with Gasteiger partial charge in [0.1, 0.15) is 5.70 Å². The van der Waals surface area contributed by atoms with Crippen LogP contribution < -0.4 is 0 Å². The van der Waals surface area contributed by atoms with Crippen molar-refractivity contribution in [3.63, 3.8) is 0 Å². The van der Waals surface area contributed by atoms with Crippen molar-refractivity contribution in [2.24, 2.45) is 0 Å². The van der Waals surface area contributed by atoms with Gasteiger partial charge in [0.05, 0.1) is 6.61 Å². The quantitative estimate of drug-likeness (QED) is 0.880. The molecule has 1 aromatic rings. The van der Waals surface area contributed by atoms with Gasteiger partial charge in [-0.05, 0) is 23.1 Å². The molecule has 0 aromatic heterocycles. The summed E-state index contributed by atoms with van der Waals surface area (Å²) in [5.41, 5.74) is 1.66. The van der Waals surface area contributed by atoms with E-state index in [0.717, 1.165) is 11.1 Å². The van der Waals surface area contributed by atoms with Gasteiger partial charge in [-0.1, -0.05) is 24.8 Å². The summed E-state index contributed by atoms with van der Waals surface area (Å²) >= 11 is 0. The zero-order valence-corrected chi connectivity index (χ0v) is 9.80. The van der Waals surface area contributed by atoms with Gasteiger partial charge in [-0.3, -0.25) is 0 Å². The lowest BCUT2D eigenvalue weighted by atomic mass is 9.95. The second kappa shape index (κ2) is 4.65. The molecule has 18 heavy (non-hydrogen) atoms. The number of fused-ring (bicyclic) bond motifs is 1. The molecule has 1 aliphatic heterocycles. The van der Waals surface area contributed by atoms with Gasteiger partial charge in [0, 0.05) is 13.1 Å². The van der Waals surface area contributed by atoms with Crippen LogP contribution in [0.2, 0.25) is 0 Å². The van der Waals surface area contributed by atoms with Crippen LogP contribution in [0.5, 0.6) is 0 Å². The first kappa shape index (κ1) is 13.0. The Bertz CT molecular complexity index is 454. The standard InChI is InChI=1S/C13H14F3NO/c1-9(13(14,15)16)17-6-5-10-3-2-4-11(8-18)12(10)7-17/h2-4,18H,1,5-8H2. The average Bonchev–Trinajstić information content (AvgIpc) is 2.35. The Balaban J connectivity index is 2.27. The second-order valence-corrected chi connectivity index (χ2v) is 4.33. The van der Waals surface area contributed by atoms with Crippen molar-refractivity contribution in [3.05, 3.63) is 47.2 Å². The van der Waals surface area contributed by atoms with Crippen LogP contribution in [-0.4, -0.2) is 22.7 Å². The number of aliphatic hydroxyl groups excluding tert-OH is 1. The van der Waals surface area contributed by atoms with Gasteiger partial charge >= 0.3 is 6.18 Å². The van der Waals surface area contributed by atoms with Crippen molar-refractivity contribution in [2.75, 3.05) is 6.54 Å². The number of halogens is 3. The van der Waals surface area contributed by atoms with Crippen LogP contribution in [0.1, 0.15) is 16.7 Å². The molecule has 0 fully saturated rings. The lowest BCUT2D eigenvalue weighted by Gasteiger charge is -2.33. The summed E-state index contributed by atoms with van der Waals surface area (Å²) in [4.78, 5) is 1.22. The number of hydrogen-bond donors (Lipinski definition) is 1. The molecule has 1 aliphatic rings.